The number of carboxylic acid groups (broad SMARTS) is 1. The van der Waals surface area contributed by atoms with Crippen LogP contribution in [0, 0.1) is 12.7 Å². The topological polar surface area (TPSA) is 59.4 Å². The zero-order valence-corrected chi connectivity index (χ0v) is 10.6. The van der Waals surface area contributed by atoms with E-state index in [0.717, 1.165) is 6.07 Å². The molecule has 4 nitrogen and oxygen atoms in total. The lowest BCUT2D eigenvalue weighted by Gasteiger charge is -2.10. The molecule has 0 unspecified atom stereocenters. The first-order chi connectivity index (χ1) is 8.97. The third-order valence-electron chi connectivity index (χ3n) is 2.35. The molecule has 1 heterocycles. The van der Waals surface area contributed by atoms with E-state index in [1.165, 1.54) is 24.4 Å². The number of nitrogens with zero attached hydrogens (tertiary/aromatic N) is 1. The van der Waals surface area contributed by atoms with Gasteiger partial charge >= 0.3 is 5.97 Å². The van der Waals surface area contributed by atoms with Crippen molar-refractivity contribution in [3.63, 3.8) is 0 Å². The van der Waals surface area contributed by atoms with E-state index in [1.54, 1.807) is 6.92 Å². The van der Waals surface area contributed by atoms with Crippen LogP contribution in [-0.2, 0) is 0 Å². The van der Waals surface area contributed by atoms with Crippen molar-refractivity contribution >= 4 is 17.6 Å². The van der Waals surface area contributed by atoms with Gasteiger partial charge < -0.3 is 9.84 Å². The summed E-state index contributed by atoms with van der Waals surface area (Å²) in [5.74, 6) is -1.94. The Labute approximate surface area is 113 Å². The minimum absolute atomic E-state index is 0.0289. The fraction of sp³-hybridized carbons (Fsp3) is 0.0769. The second-order valence-electron chi connectivity index (χ2n) is 3.80. The molecule has 2 rings (SSSR count). The van der Waals surface area contributed by atoms with E-state index in [4.69, 9.17) is 21.4 Å². The Bertz CT molecular complexity index is 646. The van der Waals surface area contributed by atoms with E-state index in [2.05, 4.69) is 4.98 Å². The Morgan fingerprint density at radius 2 is 2.11 bits per heavy atom. The highest BCUT2D eigenvalue weighted by Gasteiger charge is 2.15. The summed E-state index contributed by atoms with van der Waals surface area (Å²) in [4.78, 5) is 14.9. The summed E-state index contributed by atoms with van der Waals surface area (Å²) in [6.45, 7) is 1.68. The molecule has 98 valence electrons. The number of carbonyl (C=O) groups is 1. The van der Waals surface area contributed by atoms with Crippen LogP contribution in [0.4, 0.5) is 4.39 Å². The van der Waals surface area contributed by atoms with Gasteiger partial charge in [0.2, 0.25) is 0 Å². The number of hydrogen-bond donors (Lipinski definition) is 1. The van der Waals surface area contributed by atoms with Crippen molar-refractivity contribution in [3.8, 4) is 11.5 Å². The van der Waals surface area contributed by atoms with Crippen molar-refractivity contribution in [2.75, 3.05) is 0 Å². The fourth-order valence-electron chi connectivity index (χ4n) is 1.46. The number of ether oxygens (including phenoxy) is 1. The molecule has 6 heteroatoms. The number of rotatable bonds is 3. The molecule has 19 heavy (non-hydrogen) atoms. The SMILES string of the molecule is Cc1cc(Oc2ccc(Cl)cc2F)c(C(=O)O)cn1. The summed E-state index contributed by atoms with van der Waals surface area (Å²) < 4.78 is 18.9. The Morgan fingerprint density at radius 3 is 2.74 bits per heavy atom. The predicted molar refractivity (Wildman–Crippen MR) is 67.4 cm³/mol. The first kappa shape index (κ1) is 13.3. The van der Waals surface area contributed by atoms with Gasteiger partial charge in [-0.05, 0) is 25.1 Å². The van der Waals surface area contributed by atoms with Crippen molar-refractivity contribution < 1.29 is 19.0 Å². The molecule has 0 fully saturated rings. The standard InChI is InChI=1S/C13H9ClFNO3/c1-7-4-12(9(6-16-7)13(17)18)19-11-3-2-8(14)5-10(11)15/h2-6H,1H3,(H,17,18). The Kier molecular flexibility index (Phi) is 3.66. The molecule has 1 aromatic carbocycles. The van der Waals surface area contributed by atoms with Gasteiger partial charge in [0.15, 0.2) is 11.6 Å². The number of hydrogen-bond acceptors (Lipinski definition) is 3. The molecule has 0 aliphatic carbocycles. The Morgan fingerprint density at radius 1 is 1.37 bits per heavy atom. The van der Waals surface area contributed by atoms with E-state index >= 15 is 0 Å². The second-order valence-corrected chi connectivity index (χ2v) is 4.24. The van der Waals surface area contributed by atoms with Crippen LogP contribution in [0.2, 0.25) is 5.02 Å². The zero-order chi connectivity index (χ0) is 14.0. The predicted octanol–water partition coefficient (Wildman–Crippen LogP) is 3.67. The van der Waals surface area contributed by atoms with E-state index < -0.39 is 11.8 Å². The first-order valence-electron chi connectivity index (χ1n) is 5.30. The summed E-state index contributed by atoms with van der Waals surface area (Å²) >= 11 is 5.63. The lowest BCUT2D eigenvalue weighted by atomic mass is 10.2. The molecule has 0 aliphatic rings. The van der Waals surface area contributed by atoms with E-state index in [-0.39, 0.29) is 22.1 Å². The van der Waals surface area contributed by atoms with Gasteiger partial charge in [-0.3, -0.25) is 4.98 Å². The molecule has 0 aliphatic heterocycles. The van der Waals surface area contributed by atoms with Gasteiger partial charge in [0.1, 0.15) is 11.3 Å². The molecular formula is C13H9ClFNO3. The van der Waals surface area contributed by atoms with Gasteiger partial charge in [-0.15, -0.1) is 0 Å². The molecule has 0 atom stereocenters. The van der Waals surface area contributed by atoms with Crippen molar-refractivity contribution in [3.05, 3.63) is 52.6 Å². The summed E-state index contributed by atoms with van der Waals surface area (Å²) in [5.41, 5.74) is 0.425. The van der Waals surface area contributed by atoms with Gasteiger partial charge in [0.05, 0.1) is 0 Å². The number of benzene rings is 1. The molecule has 0 radical (unpaired) electrons. The summed E-state index contributed by atoms with van der Waals surface area (Å²) in [7, 11) is 0. The summed E-state index contributed by atoms with van der Waals surface area (Å²) in [6, 6.07) is 5.30. The monoisotopic (exact) mass is 281 g/mol. The van der Waals surface area contributed by atoms with E-state index in [0.29, 0.717) is 5.69 Å². The molecule has 0 spiro atoms. The van der Waals surface area contributed by atoms with Gasteiger partial charge in [0, 0.05) is 23.0 Å². The van der Waals surface area contributed by atoms with E-state index in [9.17, 15) is 9.18 Å². The van der Waals surface area contributed by atoms with Crippen molar-refractivity contribution in [2.45, 2.75) is 6.92 Å². The molecule has 2 aromatic rings. The maximum absolute atomic E-state index is 13.6. The van der Waals surface area contributed by atoms with Crippen LogP contribution in [-0.4, -0.2) is 16.1 Å². The number of aromatic nitrogens is 1. The Balaban J connectivity index is 2.42. The molecule has 1 N–H and O–H groups in total. The van der Waals surface area contributed by atoms with Crippen LogP contribution < -0.4 is 4.74 Å². The molecule has 0 saturated carbocycles. The minimum Gasteiger partial charge on any atom is -0.477 e. The third-order valence-corrected chi connectivity index (χ3v) is 2.58. The molecule has 0 bridgehead atoms. The van der Waals surface area contributed by atoms with Gasteiger partial charge in [-0.1, -0.05) is 11.6 Å². The lowest BCUT2D eigenvalue weighted by Crippen LogP contribution is -2.02. The van der Waals surface area contributed by atoms with Crippen LogP contribution in [0.5, 0.6) is 11.5 Å². The smallest absolute Gasteiger partial charge is 0.341 e. The first-order valence-corrected chi connectivity index (χ1v) is 5.68. The average molecular weight is 282 g/mol. The van der Waals surface area contributed by atoms with Crippen molar-refractivity contribution in [1.29, 1.82) is 0 Å². The second kappa shape index (κ2) is 5.24. The van der Waals surface area contributed by atoms with Crippen LogP contribution in [0.1, 0.15) is 16.1 Å². The molecular weight excluding hydrogens is 273 g/mol. The number of pyridine rings is 1. The summed E-state index contributed by atoms with van der Waals surface area (Å²) in [6.07, 6.45) is 1.17. The largest absolute Gasteiger partial charge is 0.477 e. The quantitative estimate of drug-likeness (QED) is 0.932. The highest BCUT2D eigenvalue weighted by atomic mass is 35.5. The maximum atomic E-state index is 13.6. The van der Waals surface area contributed by atoms with Crippen molar-refractivity contribution in [1.82, 2.24) is 4.98 Å². The van der Waals surface area contributed by atoms with Crippen molar-refractivity contribution in [2.24, 2.45) is 0 Å². The maximum Gasteiger partial charge on any atom is 0.341 e. The molecule has 0 amide bonds. The lowest BCUT2D eigenvalue weighted by molar-refractivity contribution is 0.0693. The molecule has 1 aromatic heterocycles. The van der Waals surface area contributed by atoms with Crippen LogP contribution in [0.25, 0.3) is 0 Å². The summed E-state index contributed by atoms with van der Waals surface area (Å²) in [5, 5.41) is 9.24. The fourth-order valence-corrected chi connectivity index (χ4v) is 1.62. The molecule has 0 saturated heterocycles. The van der Waals surface area contributed by atoms with Gasteiger partial charge in [-0.25, -0.2) is 9.18 Å². The number of aryl methyl sites for hydroxylation is 1. The van der Waals surface area contributed by atoms with Crippen LogP contribution >= 0.6 is 11.6 Å². The van der Waals surface area contributed by atoms with E-state index in [1.807, 2.05) is 0 Å². The number of halogens is 2. The van der Waals surface area contributed by atoms with Gasteiger partial charge in [0.25, 0.3) is 0 Å². The Hall–Kier alpha value is -2.14. The minimum atomic E-state index is -1.20. The zero-order valence-electron chi connectivity index (χ0n) is 9.85. The van der Waals surface area contributed by atoms with Crippen LogP contribution in [0.15, 0.2) is 30.5 Å². The third kappa shape index (κ3) is 3.00. The number of aromatic carboxylic acids is 1. The average Bonchev–Trinajstić information content (AvgIpc) is 2.32. The highest BCUT2D eigenvalue weighted by Crippen LogP contribution is 2.29. The van der Waals surface area contributed by atoms with Gasteiger partial charge in [-0.2, -0.15) is 0 Å². The highest BCUT2D eigenvalue weighted by molar-refractivity contribution is 6.30. The normalized spacial score (nSPS) is 10.3. The van der Waals surface area contributed by atoms with Crippen LogP contribution in [0.3, 0.4) is 0 Å². The number of carboxylic acids is 1.